The quantitative estimate of drug-likeness (QED) is 0.725. The van der Waals surface area contributed by atoms with Crippen LogP contribution in [0.3, 0.4) is 0 Å². The van der Waals surface area contributed by atoms with Gasteiger partial charge in [-0.1, -0.05) is 42.5 Å². The topological polar surface area (TPSA) is 53.2 Å². The number of para-hydroxylation sites is 1. The lowest BCUT2D eigenvalue weighted by atomic mass is 9.94. The van der Waals surface area contributed by atoms with Crippen LogP contribution in [0.4, 0.5) is 5.69 Å². The summed E-state index contributed by atoms with van der Waals surface area (Å²) in [4.78, 5) is 12.2. The van der Waals surface area contributed by atoms with Gasteiger partial charge in [-0.25, -0.2) is 0 Å². The predicted octanol–water partition coefficient (Wildman–Crippen LogP) is 3.56. The Labute approximate surface area is 168 Å². The van der Waals surface area contributed by atoms with Crippen molar-refractivity contribution in [1.29, 1.82) is 0 Å². The Kier molecular flexibility index (Phi) is 8.93. The SMILES string of the molecule is Cc1cccc(C)c1NCC(=O)NCC1NCCc2ccccc21.Cl.Cl. The molecule has 6 heteroatoms. The van der Waals surface area contributed by atoms with Gasteiger partial charge >= 0.3 is 0 Å². The van der Waals surface area contributed by atoms with Gasteiger partial charge in [0.15, 0.2) is 0 Å². The molecule has 3 N–H and O–H groups in total. The summed E-state index contributed by atoms with van der Waals surface area (Å²) in [6.45, 7) is 5.97. The maximum absolute atomic E-state index is 12.2. The van der Waals surface area contributed by atoms with Crippen LogP contribution >= 0.6 is 24.8 Å². The molecule has 1 unspecified atom stereocenters. The fraction of sp³-hybridized carbons (Fsp3) is 0.350. The molecule has 2 aromatic rings. The van der Waals surface area contributed by atoms with Gasteiger partial charge in [-0.2, -0.15) is 0 Å². The molecule has 0 radical (unpaired) electrons. The summed E-state index contributed by atoms with van der Waals surface area (Å²) < 4.78 is 0. The van der Waals surface area contributed by atoms with Crippen LogP contribution in [0.1, 0.15) is 28.3 Å². The fourth-order valence-corrected chi connectivity index (χ4v) is 3.32. The first-order valence-corrected chi connectivity index (χ1v) is 8.53. The maximum atomic E-state index is 12.2. The molecule has 3 rings (SSSR count). The molecule has 2 aromatic carbocycles. The summed E-state index contributed by atoms with van der Waals surface area (Å²) >= 11 is 0. The number of amides is 1. The van der Waals surface area contributed by atoms with Crippen LogP contribution < -0.4 is 16.0 Å². The van der Waals surface area contributed by atoms with E-state index in [0.29, 0.717) is 13.1 Å². The molecule has 1 aliphatic heterocycles. The second-order valence-electron chi connectivity index (χ2n) is 6.38. The van der Waals surface area contributed by atoms with E-state index in [1.807, 2.05) is 6.07 Å². The molecule has 1 atom stereocenters. The van der Waals surface area contributed by atoms with Crippen molar-refractivity contribution in [2.24, 2.45) is 0 Å². The minimum Gasteiger partial charge on any atom is -0.376 e. The number of carbonyl (C=O) groups is 1. The van der Waals surface area contributed by atoms with Crippen LogP contribution in [0.15, 0.2) is 42.5 Å². The van der Waals surface area contributed by atoms with Crippen molar-refractivity contribution >= 4 is 36.4 Å². The van der Waals surface area contributed by atoms with E-state index >= 15 is 0 Å². The Morgan fingerprint density at radius 1 is 1.08 bits per heavy atom. The third-order valence-electron chi connectivity index (χ3n) is 4.63. The maximum Gasteiger partial charge on any atom is 0.239 e. The van der Waals surface area contributed by atoms with E-state index in [2.05, 4.69) is 66.2 Å². The van der Waals surface area contributed by atoms with Crippen molar-refractivity contribution in [2.75, 3.05) is 25.0 Å². The Morgan fingerprint density at radius 3 is 2.50 bits per heavy atom. The van der Waals surface area contributed by atoms with E-state index in [4.69, 9.17) is 0 Å². The summed E-state index contributed by atoms with van der Waals surface area (Å²) in [6, 6.07) is 14.8. The highest BCUT2D eigenvalue weighted by atomic mass is 35.5. The Bertz CT molecular complexity index is 716. The minimum atomic E-state index is 0. The molecule has 0 aromatic heterocycles. The number of anilines is 1. The van der Waals surface area contributed by atoms with Gasteiger partial charge in [0, 0.05) is 18.3 Å². The Morgan fingerprint density at radius 2 is 1.77 bits per heavy atom. The van der Waals surface area contributed by atoms with E-state index in [9.17, 15) is 4.79 Å². The van der Waals surface area contributed by atoms with E-state index in [1.165, 1.54) is 11.1 Å². The molecule has 26 heavy (non-hydrogen) atoms. The van der Waals surface area contributed by atoms with Crippen LogP contribution in [-0.2, 0) is 11.2 Å². The summed E-state index contributed by atoms with van der Waals surface area (Å²) in [7, 11) is 0. The zero-order valence-electron chi connectivity index (χ0n) is 15.2. The normalized spacial score (nSPS) is 15.1. The van der Waals surface area contributed by atoms with Crippen LogP contribution in [0, 0.1) is 13.8 Å². The molecular formula is C20H27Cl2N3O. The van der Waals surface area contributed by atoms with E-state index < -0.39 is 0 Å². The lowest BCUT2D eigenvalue weighted by Gasteiger charge is -2.27. The molecule has 0 aliphatic carbocycles. The van der Waals surface area contributed by atoms with Gasteiger partial charge in [0.1, 0.15) is 0 Å². The van der Waals surface area contributed by atoms with Crippen LogP contribution in [0.25, 0.3) is 0 Å². The molecule has 0 spiro atoms. The number of rotatable bonds is 5. The summed E-state index contributed by atoms with van der Waals surface area (Å²) in [5.74, 6) is 0.0162. The number of halogens is 2. The molecule has 1 amide bonds. The molecule has 0 fully saturated rings. The number of nitrogens with one attached hydrogen (secondary N) is 3. The Hall–Kier alpha value is -1.75. The second kappa shape index (κ2) is 10.4. The molecule has 0 saturated carbocycles. The smallest absolute Gasteiger partial charge is 0.239 e. The van der Waals surface area contributed by atoms with Crippen molar-refractivity contribution in [3.63, 3.8) is 0 Å². The van der Waals surface area contributed by atoms with E-state index in [1.54, 1.807) is 0 Å². The van der Waals surface area contributed by atoms with Crippen molar-refractivity contribution in [1.82, 2.24) is 10.6 Å². The molecule has 4 nitrogen and oxygen atoms in total. The number of fused-ring (bicyclic) bond motifs is 1. The number of aryl methyl sites for hydroxylation is 2. The largest absolute Gasteiger partial charge is 0.376 e. The third kappa shape index (κ3) is 5.37. The van der Waals surface area contributed by atoms with Crippen LogP contribution in [0.5, 0.6) is 0 Å². The highest BCUT2D eigenvalue weighted by Gasteiger charge is 2.19. The summed E-state index contributed by atoms with van der Waals surface area (Å²) in [6.07, 6.45) is 1.05. The zero-order chi connectivity index (χ0) is 16.9. The molecule has 0 saturated heterocycles. The lowest BCUT2D eigenvalue weighted by molar-refractivity contribution is -0.119. The number of hydrogen-bond acceptors (Lipinski definition) is 3. The molecule has 142 valence electrons. The average molecular weight is 396 g/mol. The van der Waals surface area contributed by atoms with Gasteiger partial charge in [-0.3, -0.25) is 4.79 Å². The van der Waals surface area contributed by atoms with Crippen molar-refractivity contribution in [2.45, 2.75) is 26.3 Å². The molecular weight excluding hydrogens is 369 g/mol. The Balaban J connectivity index is 0.00000169. The highest BCUT2D eigenvalue weighted by molar-refractivity contribution is 5.85. The highest BCUT2D eigenvalue weighted by Crippen LogP contribution is 2.22. The van der Waals surface area contributed by atoms with Crippen LogP contribution in [0.2, 0.25) is 0 Å². The number of benzene rings is 2. The molecule has 1 aliphatic rings. The van der Waals surface area contributed by atoms with Crippen molar-refractivity contribution in [3.05, 3.63) is 64.7 Å². The molecule has 0 bridgehead atoms. The van der Waals surface area contributed by atoms with Gasteiger partial charge in [-0.15, -0.1) is 24.8 Å². The monoisotopic (exact) mass is 395 g/mol. The third-order valence-corrected chi connectivity index (χ3v) is 4.63. The molecule has 1 heterocycles. The predicted molar refractivity (Wildman–Crippen MR) is 113 cm³/mol. The average Bonchev–Trinajstić information content (AvgIpc) is 2.59. The van der Waals surface area contributed by atoms with Gasteiger partial charge < -0.3 is 16.0 Å². The lowest BCUT2D eigenvalue weighted by Crippen LogP contribution is -2.40. The van der Waals surface area contributed by atoms with Crippen molar-refractivity contribution in [3.8, 4) is 0 Å². The van der Waals surface area contributed by atoms with Gasteiger partial charge in [0.2, 0.25) is 5.91 Å². The second-order valence-corrected chi connectivity index (χ2v) is 6.38. The summed E-state index contributed by atoms with van der Waals surface area (Å²) in [5, 5.41) is 9.78. The minimum absolute atomic E-state index is 0. The zero-order valence-corrected chi connectivity index (χ0v) is 16.8. The standard InChI is InChI=1S/C20H25N3O.2ClH/c1-14-6-5-7-15(2)20(14)23-13-19(24)22-12-18-17-9-4-3-8-16(17)10-11-21-18;;/h3-9,18,21,23H,10-13H2,1-2H3,(H,22,24);2*1H. The first kappa shape index (κ1) is 22.3. The summed E-state index contributed by atoms with van der Waals surface area (Å²) in [5.41, 5.74) is 6.04. The number of carbonyl (C=O) groups excluding carboxylic acids is 1. The van der Waals surface area contributed by atoms with Gasteiger partial charge in [0.25, 0.3) is 0 Å². The van der Waals surface area contributed by atoms with Crippen molar-refractivity contribution < 1.29 is 4.79 Å². The van der Waals surface area contributed by atoms with E-state index in [-0.39, 0.29) is 36.8 Å². The van der Waals surface area contributed by atoms with Crippen LogP contribution in [-0.4, -0.2) is 25.5 Å². The first-order chi connectivity index (χ1) is 11.6. The first-order valence-electron chi connectivity index (χ1n) is 8.53. The number of hydrogen-bond donors (Lipinski definition) is 3. The van der Waals surface area contributed by atoms with E-state index in [0.717, 1.165) is 29.8 Å². The fourth-order valence-electron chi connectivity index (χ4n) is 3.32. The van der Waals surface area contributed by atoms with Gasteiger partial charge in [0.05, 0.1) is 6.54 Å². The van der Waals surface area contributed by atoms with Gasteiger partial charge in [-0.05, 0) is 49.1 Å².